The van der Waals surface area contributed by atoms with Crippen LogP contribution in [0.25, 0.3) is 27.8 Å². The quantitative estimate of drug-likeness (QED) is 0.326. The molecule has 11 heteroatoms. The molecule has 0 spiro atoms. The van der Waals surface area contributed by atoms with Crippen molar-refractivity contribution < 1.29 is 14.3 Å². The summed E-state index contributed by atoms with van der Waals surface area (Å²) in [4.78, 5) is 36.7. The molecule has 2 saturated heterocycles. The fourth-order valence-electron chi connectivity index (χ4n) is 5.62. The van der Waals surface area contributed by atoms with Gasteiger partial charge in [0.2, 0.25) is 0 Å². The molecule has 2 aliphatic rings. The van der Waals surface area contributed by atoms with Crippen LogP contribution in [-0.2, 0) is 11.3 Å². The van der Waals surface area contributed by atoms with Gasteiger partial charge in [0, 0.05) is 43.4 Å². The van der Waals surface area contributed by atoms with Gasteiger partial charge in [0.25, 0.3) is 5.56 Å². The lowest BCUT2D eigenvalue weighted by molar-refractivity contribution is 0.0941. The van der Waals surface area contributed by atoms with Gasteiger partial charge in [0.1, 0.15) is 24.3 Å². The van der Waals surface area contributed by atoms with E-state index in [1.807, 2.05) is 43.5 Å². The van der Waals surface area contributed by atoms with Crippen LogP contribution in [0.1, 0.15) is 29.8 Å². The van der Waals surface area contributed by atoms with Gasteiger partial charge in [-0.25, -0.2) is 19.3 Å². The molecular formula is C30H25N7O4. The van der Waals surface area contributed by atoms with Crippen LogP contribution in [0.3, 0.4) is 0 Å². The third-order valence-corrected chi connectivity index (χ3v) is 7.78. The number of nitrogens with zero attached hydrogens (tertiary/aromatic N) is 7. The van der Waals surface area contributed by atoms with Gasteiger partial charge in [-0.15, -0.1) is 0 Å². The smallest absolute Gasteiger partial charge is 0.410 e. The van der Waals surface area contributed by atoms with E-state index >= 15 is 0 Å². The number of piperidine rings is 1. The van der Waals surface area contributed by atoms with Crippen molar-refractivity contribution in [3.63, 3.8) is 0 Å². The Morgan fingerprint density at radius 2 is 2.02 bits per heavy atom. The van der Waals surface area contributed by atoms with E-state index in [-0.39, 0.29) is 23.8 Å². The second-order valence-electron chi connectivity index (χ2n) is 10.4. The van der Waals surface area contributed by atoms with Gasteiger partial charge in [-0.3, -0.25) is 9.36 Å². The lowest BCUT2D eigenvalue weighted by atomic mass is 10.0. The van der Waals surface area contributed by atoms with Gasteiger partial charge in [0.05, 0.1) is 40.8 Å². The van der Waals surface area contributed by atoms with Crippen molar-refractivity contribution in [1.82, 2.24) is 29.0 Å². The largest absolute Gasteiger partial charge is 0.490 e. The zero-order valence-electron chi connectivity index (χ0n) is 22.2. The number of carbonyl (C=O) groups is 1. The molecule has 3 aromatic heterocycles. The van der Waals surface area contributed by atoms with Gasteiger partial charge in [0.15, 0.2) is 5.65 Å². The van der Waals surface area contributed by atoms with Gasteiger partial charge >= 0.3 is 6.09 Å². The minimum Gasteiger partial charge on any atom is -0.490 e. The number of amides is 1. The molecule has 5 heterocycles. The van der Waals surface area contributed by atoms with Crippen molar-refractivity contribution in [3.8, 4) is 23.1 Å². The van der Waals surface area contributed by atoms with E-state index in [1.165, 1.54) is 0 Å². The predicted octanol–water partition coefficient (Wildman–Crippen LogP) is 3.70. The molecule has 5 aromatic rings. The Morgan fingerprint density at radius 3 is 2.83 bits per heavy atom. The van der Waals surface area contributed by atoms with Crippen molar-refractivity contribution >= 4 is 22.6 Å². The van der Waals surface area contributed by atoms with Crippen molar-refractivity contribution in [2.75, 3.05) is 13.2 Å². The van der Waals surface area contributed by atoms with Crippen LogP contribution in [-0.4, -0.2) is 60.4 Å². The summed E-state index contributed by atoms with van der Waals surface area (Å²) >= 11 is 0. The molecule has 1 amide bonds. The highest BCUT2D eigenvalue weighted by molar-refractivity contribution is 5.87. The molecule has 2 fully saturated rings. The minimum absolute atomic E-state index is 0.0292. The lowest BCUT2D eigenvalue weighted by Gasteiger charge is -2.33. The van der Waals surface area contributed by atoms with Crippen LogP contribution in [0, 0.1) is 18.3 Å². The van der Waals surface area contributed by atoms with E-state index < -0.39 is 0 Å². The molecule has 0 radical (unpaired) electrons. The fraction of sp³-hybridized carbons (Fsp3) is 0.267. The third-order valence-electron chi connectivity index (χ3n) is 7.78. The Balaban J connectivity index is 1.31. The monoisotopic (exact) mass is 547 g/mol. The summed E-state index contributed by atoms with van der Waals surface area (Å²) in [5.74, 6) is 1.10. The first kappa shape index (κ1) is 24.8. The highest BCUT2D eigenvalue weighted by Gasteiger charge is 2.39. The molecule has 0 saturated carbocycles. The maximum absolute atomic E-state index is 13.8. The van der Waals surface area contributed by atoms with E-state index in [0.717, 1.165) is 5.56 Å². The standard InChI is InChI=1S/C30H25N7O4/c1-18-33-25-12-23(26-14-28-32-8-2-9-37(28)34-26)27(41-22-7-10-35-21(11-22)17-40-30(35)39)13-24(25)29(38)36(18)16-20-5-3-19(15-31)4-6-20/h2-6,8-9,12-14,21-22H,7,10-11,16-17H2,1H3/t21-,22-/m0/s1. The summed E-state index contributed by atoms with van der Waals surface area (Å²) in [5.41, 5.74) is 3.85. The molecule has 41 heavy (non-hydrogen) atoms. The SMILES string of the molecule is Cc1nc2cc(-c3cc4ncccn4n3)c(O[C@H]3CCN4C(=O)OC[C@@H]4C3)cc2c(=O)n1Cc1ccc(C#N)cc1. The number of benzene rings is 2. The number of aromatic nitrogens is 5. The number of rotatable bonds is 5. The molecule has 11 nitrogen and oxygen atoms in total. The summed E-state index contributed by atoms with van der Waals surface area (Å²) in [6.07, 6.45) is 4.36. The van der Waals surface area contributed by atoms with Crippen molar-refractivity contribution in [3.05, 3.63) is 88.2 Å². The lowest BCUT2D eigenvalue weighted by Crippen LogP contribution is -2.44. The average Bonchev–Trinajstić information content (AvgIpc) is 3.59. The van der Waals surface area contributed by atoms with Gasteiger partial charge in [-0.05, 0) is 42.8 Å². The molecule has 0 bridgehead atoms. The van der Waals surface area contributed by atoms with E-state index in [1.54, 1.807) is 38.4 Å². The fourth-order valence-corrected chi connectivity index (χ4v) is 5.62. The maximum atomic E-state index is 13.8. The Kier molecular flexibility index (Phi) is 5.89. The summed E-state index contributed by atoms with van der Waals surface area (Å²) < 4.78 is 15.1. The molecule has 204 valence electrons. The zero-order chi connectivity index (χ0) is 28.1. The summed E-state index contributed by atoms with van der Waals surface area (Å²) in [5, 5.41) is 14.2. The number of hydrogen-bond acceptors (Lipinski definition) is 8. The normalized spacial score (nSPS) is 18.3. The van der Waals surface area contributed by atoms with E-state index in [9.17, 15) is 9.59 Å². The minimum atomic E-state index is -0.277. The number of cyclic esters (lactones) is 1. The number of carbonyl (C=O) groups excluding carboxylic acids is 1. The molecule has 2 atom stereocenters. The summed E-state index contributed by atoms with van der Waals surface area (Å²) in [6, 6.07) is 16.5. The van der Waals surface area contributed by atoms with Crippen LogP contribution in [0.15, 0.2) is 65.7 Å². The average molecular weight is 548 g/mol. The van der Waals surface area contributed by atoms with Crippen molar-refractivity contribution in [2.24, 2.45) is 0 Å². The van der Waals surface area contributed by atoms with Gasteiger partial charge < -0.3 is 14.4 Å². The van der Waals surface area contributed by atoms with Gasteiger partial charge in [-0.1, -0.05) is 12.1 Å². The Bertz CT molecular complexity index is 1890. The molecular weight excluding hydrogens is 522 g/mol. The Morgan fingerprint density at radius 1 is 1.17 bits per heavy atom. The van der Waals surface area contributed by atoms with Crippen molar-refractivity contribution in [1.29, 1.82) is 5.26 Å². The Labute approximate surface area is 234 Å². The molecule has 0 N–H and O–H groups in total. The van der Waals surface area contributed by atoms with E-state index in [2.05, 4.69) is 11.1 Å². The number of nitriles is 1. The first-order valence-electron chi connectivity index (χ1n) is 13.4. The highest BCUT2D eigenvalue weighted by atomic mass is 16.6. The molecule has 2 aliphatic heterocycles. The maximum Gasteiger partial charge on any atom is 0.410 e. The van der Waals surface area contributed by atoms with E-state index in [0.29, 0.717) is 77.5 Å². The summed E-state index contributed by atoms with van der Waals surface area (Å²) in [7, 11) is 0. The van der Waals surface area contributed by atoms with Crippen molar-refractivity contribution in [2.45, 2.75) is 38.5 Å². The Hall–Kier alpha value is -5.24. The number of aryl methyl sites for hydroxylation is 1. The van der Waals surface area contributed by atoms with Crippen LogP contribution in [0.2, 0.25) is 0 Å². The van der Waals surface area contributed by atoms with Crippen LogP contribution in [0.5, 0.6) is 5.75 Å². The third kappa shape index (κ3) is 4.43. The first-order chi connectivity index (χ1) is 20.0. The second-order valence-corrected chi connectivity index (χ2v) is 10.4. The number of ether oxygens (including phenoxy) is 2. The molecule has 7 rings (SSSR count). The second kappa shape index (κ2) is 9.75. The number of fused-ring (bicyclic) bond motifs is 3. The zero-order valence-corrected chi connectivity index (χ0v) is 22.2. The summed E-state index contributed by atoms with van der Waals surface area (Å²) in [6.45, 7) is 3.03. The van der Waals surface area contributed by atoms with Gasteiger partial charge in [-0.2, -0.15) is 10.4 Å². The van der Waals surface area contributed by atoms with Crippen LogP contribution >= 0.6 is 0 Å². The number of hydrogen-bond donors (Lipinski definition) is 0. The molecule has 0 unspecified atom stereocenters. The topological polar surface area (TPSA) is 128 Å². The highest BCUT2D eigenvalue weighted by Crippen LogP contribution is 2.36. The van der Waals surface area contributed by atoms with E-state index in [4.69, 9.17) is 24.8 Å². The van der Waals surface area contributed by atoms with Crippen LogP contribution in [0.4, 0.5) is 4.79 Å². The molecule has 0 aliphatic carbocycles. The first-order valence-corrected chi connectivity index (χ1v) is 13.4. The predicted molar refractivity (Wildman–Crippen MR) is 148 cm³/mol. The van der Waals surface area contributed by atoms with Crippen LogP contribution < -0.4 is 10.3 Å². The molecule has 2 aromatic carbocycles.